The van der Waals surface area contributed by atoms with Crippen molar-refractivity contribution in [3.8, 4) is 0 Å². The first-order valence-corrected chi connectivity index (χ1v) is 7.04. The minimum atomic E-state index is 0. The van der Waals surface area contributed by atoms with Crippen molar-refractivity contribution in [3.05, 3.63) is 42.0 Å². The van der Waals surface area contributed by atoms with Crippen LogP contribution in [0.3, 0.4) is 0 Å². The van der Waals surface area contributed by atoms with Crippen molar-refractivity contribution in [1.82, 2.24) is 10.2 Å². The van der Waals surface area contributed by atoms with E-state index in [9.17, 15) is 4.79 Å². The molecule has 0 spiro atoms. The average Bonchev–Trinajstić information content (AvgIpc) is 2.78. The van der Waals surface area contributed by atoms with Gasteiger partial charge in [0.15, 0.2) is 0 Å². The number of carbonyl (C=O) groups is 1. The summed E-state index contributed by atoms with van der Waals surface area (Å²) in [7, 11) is 0. The van der Waals surface area contributed by atoms with Crippen LogP contribution < -0.4 is 5.32 Å². The molecule has 20 heavy (non-hydrogen) atoms. The van der Waals surface area contributed by atoms with Gasteiger partial charge in [-0.05, 0) is 37.0 Å². The predicted molar refractivity (Wildman–Crippen MR) is 84.2 cm³/mol. The summed E-state index contributed by atoms with van der Waals surface area (Å²) in [6.07, 6.45) is 5.33. The molecule has 1 amide bonds. The Morgan fingerprint density at radius 1 is 1.20 bits per heavy atom. The largest absolute Gasteiger partial charge is 0.337 e. The molecule has 2 aliphatic rings. The van der Waals surface area contributed by atoms with Gasteiger partial charge in [-0.3, -0.25) is 4.79 Å². The molecule has 0 unspecified atom stereocenters. The van der Waals surface area contributed by atoms with Gasteiger partial charge in [0, 0.05) is 30.7 Å². The zero-order chi connectivity index (χ0) is 13.2. The highest BCUT2D eigenvalue weighted by molar-refractivity contribution is 5.94. The van der Waals surface area contributed by atoms with Gasteiger partial charge in [-0.25, -0.2) is 0 Å². The summed E-state index contributed by atoms with van der Waals surface area (Å²) in [5, 5.41) is 3.60. The monoisotopic (exact) mass is 292 g/mol. The molecule has 0 aromatic heterocycles. The minimum Gasteiger partial charge on any atom is -0.337 e. The fourth-order valence-corrected chi connectivity index (χ4v) is 3.07. The zero-order valence-corrected chi connectivity index (χ0v) is 12.4. The van der Waals surface area contributed by atoms with E-state index in [2.05, 4.69) is 11.9 Å². The maximum atomic E-state index is 12.5. The quantitative estimate of drug-likeness (QED) is 0.909. The molecular formula is C16H21ClN2O. The van der Waals surface area contributed by atoms with Gasteiger partial charge in [0.1, 0.15) is 0 Å². The zero-order valence-electron chi connectivity index (χ0n) is 11.5. The standard InChI is InChI=1S/C16H20N2O.ClH/c1-2-12-3-5-13(6-4-12)16(19)18-10-9-14-7-8-15(11-18)17-14;/h2-6,14-15,17H,1,7-11H2;1H/t14-,15+;/m1./s1. The Morgan fingerprint density at radius 2 is 1.90 bits per heavy atom. The molecule has 3 rings (SSSR count). The lowest BCUT2D eigenvalue weighted by molar-refractivity contribution is 0.0748. The normalized spacial score (nSPS) is 24.7. The van der Waals surface area contributed by atoms with Gasteiger partial charge in [0.2, 0.25) is 0 Å². The lowest BCUT2D eigenvalue weighted by Crippen LogP contribution is -2.39. The molecule has 1 aromatic rings. The van der Waals surface area contributed by atoms with E-state index in [0.29, 0.717) is 12.1 Å². The molecule has 4 heteroatoms. The van der Waals surface area contributed by atoms with Crippen molar-refractivity contribution >= 4 is 24.4 Å². The van der Waals surface area contributed by atoms with Crippen LogP contribution in [0.4, 0.5) is 0 Å². The molecular weight excluding hydrogens is 272 g/mol. The number of nitrogens with zero attached hydrogens (tertiary/aromatic N) is 1. The maximum Gasteiger partial charge on any atom is 0.253 e. The molecule has 0 aliphatic carbocycles. The van der Waals surface area contributed by atoms with E-state index in [0.717, 1.165) is 30.6 Å². The molecule has 1 N–H and O–H groups in total. The van der Waals surface area contributed by atoms with Gasteiger partial charge < -0.3 is 10.2 Å². The second kappa shape index (κ2) is 6.42. The number of likely N-dealkylation sites (tertiary alicyclic amines) is 1. The van der Waals surface area contributed by atoms with E-state index < -0.39 is 0 Å². The van der Waals surface area contributed by atoms with Crippen molar-refractivity contribution in [3.63, 3.8) is 0 Å². The van der Waals surface area contributed by atoms with Gasteiger partial charge >= 0.3 is 0 Å². The van der Waals surface area contributed by atoms with E-state index in [1.807, 2.05) is 29.2 Å². The second-order valence-electron chi connectivity index (χ2n) is 5.50. The molecule has 2 bridgehead atoms. The van der Waals surface area contributed by atoms with Crippen LogP contribution in [0, 0.1) is 0 Å². The Morgan fingerprint density at radius 3 is 2.60 bits per heavy atom. The van der Waals surface area contributed by atoms with Gasteiger partial charge in [0.25, 0.3) is 5.91 Å². The van der Waals surface area contributed by atoms with Crippen LogP contribution in [-0.2, 0) is 0 Å². The van der Waals surface area contributed by atoms with E-state index >= 15 is 0 Å². The van der Waals surface area contributed by atoms with E-state index in [1.54, 1.807) is 6.08 Å². The first-order valence-electron chi connectivity index (χ1n) is 7.04. The van der Waals surface area contributed by atoms with Gasteiger partial charge in [-0.1, -0.05) is 24.8 Å². The maximum absolute atomic E-state index is 12.5. The third kappa shape index (κ3) is 3.05. The van der Waals surface area contributed by atoms with Gasteiger partial charge in [0.05, 0.1) is 0 Å². The number of benzene rings is 1. The van der Waals surface area contributed by atoms with Crippen LogP contribution in [0.25, 0.3) is 6.08 Å². The van der Waals surface area contributed by atoms with E-state index in [1.165, 1.54) is 12.8 Å². The van der Waals surface area contributed by atoms with Crippen LogP contribution in [0.2, 0.25) is 0 Å². The van der Waals surface area contributed by atoms with Crippen LogP contribution >= 0.6 is 12.4 Å². The van der Waals surface area contributed by atoms with Crippen LogP contribution in [0.1, 0.15) is 35.2 Å². The molecule has 2 saturated heterocycles. The summed E-state index contributed by atoms with van der Waals surface area (Å²) in [6, 6.07) is 8.80. The molecule has 2 atom stereocenters. The smallest absolute Gasteiger partial charge is 0.253 e. The first kappa shape index (κ1) is 15.1. The van der Waals surface area contributed by atoms with Crippen molar-refractivity contribution in [2.75, 3.05) is 13.1 Å². The number of hydrogen-bond acceptors (Lipinski definition) is 2. The summed E-state index contributed by atoms with van der Waals surface area (Å²) in [4.78, 5) is 14.5. The minimum absolute atomic E-state index is 0. The average molecular weight is 293 g/mol. The Bertz CT molecular complexity index is 486. The van der Waals surface area contributed by atoms with E-state index in [4.69, 9.17) is 0 Å². The fraction of sp³-hybridized carbons (Fsp3) is 0.438. The van der Waals surface area contributed by atoms with E-state index in [-0.39, 0.29) is 18.3 Å². The SMILES string of the molecule is C=Cc1ccc(C(=O)N2CC[C@H]3CC[C@@H](C2)N3)cc1.Cl. The summed E-state index contributed by atoms with van der Waals surface area (Å²) in [6.45, 7) is 5.45. The first-order chi connectivity index (χ1) is 9.26. The van der Waals surface area contributed by atoms with Crippen molar-refractivity contribution in [1.29, 1.82) is 0 Å². The number of hydrogen-bond donors (Lipinski definition) is 1. The molecule has 1 aromatic carbocycles. The Labute approximate surface area is 126 Å². The molecule has 2 heterocycles. The summed E-state index contributed by atoms with van der Waals surface area (Å²) in [5.41, 5.74) is 1.83. The van der Waals surface area contributed by atoms with Crippen LogP contribution in [-0.4, -0.2) is 36.0 Å². The molecule has 2 fully saturated rings. The Hall–Kier alpha value is -1.32. The summed E-state index contributed by atoms with van der Waals surface area (Å²) >= 11 is 0. The Kier molecular flexibility index (Phi) is 4.84. The molecule has 3 nitrogen and oxygen atoms in total. The molecule has 108 valence electrons. The number of halogens is 1. The second-order valence-corrected chi connectivity index (χ2v) is 5.50. The highest BCUT2D eigenvalue weighted by atomic mass is 35.5. The lowest BCUT2D eigenvalue weighted by Gasteiger charge is -2.24. The number of nitrogens with one attached hydrogen (secondary N) is 1. The Balaban J connectivity index is 0.00000147. The summed E-state index contributed by atoms with van der Waals surface area (Å²) in [5.74, 6) is 0.157. The third-order valence-electron chi connectivity index (χ3n) is 4.20. The topological polar surface area (TPSA) is 32.3 Å². The molecule has 0 saturated carbocycles. The molecule has 2 aliphatic heterocycles. The lowest BCUT2D eigenvalue weighted by atomic mass is 10.1. The third-order valence-corrected chi connectivity index (χ3v) is 4.20. The highest BCUT2D eigenvalue weighted by Gasteiger charge is 2.31. The van der Waals surface area contributed by atoms with Crippen molar-refractivity contribution in [2.24, 2.45) is 0 Å². The highest BCUT2D eigenvalue weighted by Crippen LogP contribution is 2.21. The van der Waals surface area contributed by atoms with Crippen molar-refractivity contribution in [2.45, 2.75) is 31.3 Å². The van der Waals surface area contributed by atoms with Gasteiger partial charge in [-0.2, -0.15) is 0 Å². The number of rotatable bonds is 2. The molecule has 0 radical (unpaired) electrons. The van der Waals surface area contributed by atoms with Crippen LogP contribution in [0.5, 0.6) is 0 Å². The van der Waals surface area contributed by atoms with Crippen molar-refractivity contribution < 1.29 is 4.79 Å². The van der Waals surface area contributed by atoms with Crippen LogP contribution in [0.15, 0.2) is 30.8 Å². The predicted octanol–water partition coefficient (Wildman–Crippen LogP) is 2.72. The summed E-state index contributed by atoms with van der Waals surface area (Å²) < 4.78 is 0. The number of fused-ring (bicyclic) bond motifs is 2. The number of carbonyl (C=O) groups excluding carboxylic acids is 1. The number of amides is 1. The van der Waals surface area contributed by atoms with Gasteiger partial charge in [-0.15, -0.1) is 12.4 Å². The fourth-order valence-electron chi connectivity index (χ4n) is 3.07.